The van der Waals surface area contributed by atoms with Crippen molar-refractivity contribution in [3.8, 4) is 0 Å². The minimum atomic E-state index is 0.519. The minimum Gasteiger partial charge on any atom is -0.211 e. The summed E-state index contributed by atoms with van der Waals surface area (Å²) in [7, 11) is 0. The topological polar surface area (TPSA) is 29.4 Å². The van der Waals surface area contributed by atoms with Crippen LogP contribution in [0.1, 0.15) is 16.7 Å². The molecule has 2 aromatic rings. The molecule has 0 spiro atoms. The van der Waals surface area contributed by atoms with Gasteiger partial charge in [-0.05, 0) is 24.6 Å². The third-order valence-corrected chi connectivity index (χ3v) is 3.05. The number of aliphatic imine (C=N–C) groups is 1. The first-order valence-electron chi connectivity index (χ1n) is 5.82. The van der Waals surface area contributed by atoms with Crippen molar-refractivity contribution < 1.29 is 4.79 Å². The van der Waals surface area contributed by atoms with Crippen molar-refractivity contribution in [2.75, 3.05) is 0 Å². The van der Waals surface area contributed by atoms with Gasteiger partial charge in [0.25, 0.3) is 0 Å². The summed E-state index contributed by atoms with van der Waals surface area (Å²) in [6, 6.07) is 13.4. The van der Waals surface area contributed by atoms with Crippen LogP contribution in [0.25, 0.3) is 12.2 Å². The molecule has 0 bridgehead atoms. The van der Waals surface area contributed by atoms with Crippen molar-refractivity contribution >= 4 is 35.5 Å². The fraction of sp³-hybridized carbons (Fsp3) is 0.0625. The molecule has 0 unspecified atom stereocenters. The maximum absolute atomic E-state index is 10.4. The van der Waals surface area contributed by atoms with Gasteiger partial charge in [0.05, 0.1) is 5.69 Å². The molecule has 0 atom stereocenters. The van der Waals surface area contributed by atoms with Crippen LogP contribution < -0.4 is 0 Å². The van der Waals surface area contributed by atoms with Gasteiger partial charge < -0.3 is 0 Å². The predicted molar refractivity (Wildman–Crippen MR) is 79.3 cm³/mol. The Balaban J connectivity index is 2.37. The average molecular weight is 270 g/mol. The van der Waals surface area contributed by atoms with Gasteiger partial charge in [-0.2, -0.15) is 4.99 Å². The van der Waals surface area contributed by atoms with Crippen molar-refractivity contribution in [2.45, 2.75) is 6.92 Å². The molecule has 0 aliphatic carbocycles. The smallest absolute Gasteiger partial charge is 0.211 e. The van der Waals surface area contributed by atoms with Gasteiger partial charge in [-0.15, -0.1) is 0 Å². The molecule has 2 aromatic carbocycles. The third-order valence-electron chi connectivity index (χ3n) is 2.72. The summed E-state index contributed by atoms with van der Waals surface area (Å²) in [5.41, 5.74) is 3.51. The van der Waals surface area contributed by atoms with E-state index in [0.29, 0.717) is 16.3 Å². The van der Waals surface area contributed by atoms with Crippen LogP contribution in [0.4, 0.5) is 5.69 Å². The highest BCUT2D eigenvalue weighted by atomic mass is 35.5. The Kier molecular flexibility index (Phi) is 4.30. The van der Waals surface area contributed by atoms with E-state index in [1.807, 2.05) is 43.3 Å². The molecule has 0 aliphatic heterocycles. The van der Waals surface area contributed by atoms with E-state index < -0.39 is 0 Å². The second-order valence-electron chi connectivity index (χ2n) is 4.12. The van der Waals surface area contributed by atoms with Crippen LogP contribution in [-0.2, 0) is 4.79 Å². The summed E-state index contributed by atoms with van der Waals surface area (Å²) >= 11 is 6.12. The molecular weight excluding hydrogens is 258 g/mol. The van der Waals surface area contributed by atoms with Crippen LogP contribution in [0.2, 0.25) is 5.02 Å². The normalized spacial score (nSPS) is 10.4. The largest absolute Gasteiger partial charge is 0.240 e. The lowest BCUT2D eigenvalue weighted by molar-refractivity contribution is 0.565. The standard InChI is InChI=1S/C16H12ClNO/c1-12-5-7-13(8-6-12)9-10-14-15(17)3-2-4-16(14)18-11-19/h2-10H,1H3/b10-9+. The number of hydrogen-bond acceptors (Lipinski definition) is 2. The lowest BCUT2D eigenvalue weighted by atomic mass is 10.1. The van der Waals surface area contributed by atoms with Gasteiger partial charge in [0.1, 0.15) is 0 Å². The zero-order valence-electron chi connectivity index (χ0n) is 10.4. The zero-order chi connectivity index (χ0) is 13.7. The number of rotatable bonds is 3. The van der Waals surface area contributed by atoms with Gasteiger partial charge in [-0.3, -0.25) is 0 Å². The SMILES string of the molecule is Cc1ccc(/C=C/c2c(Cl)cccc2N=C=O)cc1. The predicted octanol–water partition coefficient (Wildman–Crippen LogP) is 4.79. The van der Waals surface area contributed by atoms with E-state index >= 15 is 0 Å². The van der Waals surface area contributed by atoms with Gasteiger partial charge in [0.2, 0.25) is 6.08 Å². The van der Waals surface area contributed by atoms with Crippen molar-refractivity contribution in [1.82, 2.24) is 0 Å². The Morgan fingerprint density at radius 2 is 1.84 bits per heavy atom. The molecule has 0 radical (unpaired) electrons. The Bertz CT molecular complexity index is 653. The van der Waals surface area contributed by atoms with Crippen LogP contribution in [-0.4, -0.2) is 6.08 Å². The molecular formula is C16H12ClNO. The van der Waals surface area contributed by atoms with Crippen LogP contribution in [0.3, 0.4) is 0 Å². The number of isocyanates is 1. The molecule has 0 amide bonds. The number of halogens is 1. The second-order valence-corrected chi connectivity index (χ2v) is 4.53. The van der Waals surface area contributed by atoms with Gasteiger partial charge in [-0.25, -0.2) is 4.79 Å². The lowest BCUT2D eigenvalue weighted by Gasteiger charge is -2.01. The molecule has 0 saturated carbocycles. The molecule has 0 N–H and O–H groups in total. The highest BCUT2D eigenvalue weighted by Crippen LogP contribution is 2.28. The van der Waals surface area contributed by atoms with E-state index in [1.54, 1.807) is 18.2 Å². The molecule has 3 heteroatoms. The zero-order valence-corrected chi connectivity index (χ0v) is 11.2. The fourth-order valence-corrected chi connectivity index (χ4v) is 1.93. The van der Waals surface area contributed by atoms with E-state index in [2.05, 4.69) is 4.99 Å². The number of carbonyl (C=O) groups excluding carboxylic acids is 1. The molecule has 19 heavy (non-hydrogen) atoms. The number of hydrogen-bond donors (Lipinski definition) is 0. The monoisotopic (exact) mass is 269 g/mol. The van der Waals surface area contributed by atoms with Crippen LogP contribution in [0.15, 0.2) is 47.5 Å². The summed E-state index contributed by atoms with van der Waals surface area (Å²) in [6.45, 7) is 2.04. The summed E-state index contributed by atoms with van der Waals surface area (Å²) in [5, 5.41) is 0.555. The first kappa shape index (κ1) is 13.3. The molecule has 2 rings (SSSR count). The molecule has 94 valence electrons. The van der Waals surface area contributed by atoms with E-state index in [4.69, 9.17) is 11.6 Å². The van der Waals surface area contributed by atoms with Crippen molar-refractivity contribution in [2.24, 2.45) is 4.99 Å². The number of nitrogens with zero attached hydrogens (tertiary/aromatic N) is 1. The summed E-state index contributed by atoms with van der Waals surface area (Å²) in [4.78, 5) is 14.0. The van der Waals surface area contributed by atoms with Gasteiger partial charge >= 0.3 is 0 Å². The summed E-state index contributed by atoms with van der Waals surface area (Å²) < 4.78 is 0. The first-order chi connectivity index (χ1) is 9.20. The van der Waals surface area contributed by atoms with Gasteiger partial charge in [-0.1, -0.05) is 59.6 Å². The van der Waals surface area contributed by atoms with Gasteiger partial charge in [0.15, 0.2) is 0 Å². The maximum atomic E-state index is 10.4. The Hall–Kier alpha value is -2.15. The first-order valence-corrected chi connectivity index (χ1v) is 6.19. The lowest BCUT2D eigenvalue weighted by Crippen LogP contribution is -1.78. The fourth-order valence-electron chi connectivity index (χ4n) is 1.69. The summed E-state index contributed by atoms with van der Waals surface area (Å²) in [5.74, 6) is 0. The van der Waals surface area contributed by atoms with Crippen molar-refractivity contribution in [3.63, 3.8) is 0 Å². The molecule has 0 fully saturated rings. The van der Waals surface area contributed by atoms with Crippen molar-refractivity contribution in [3.05, 3.63) is 64.2 Å². The maximum Gasteiger partial charge on any atom is 0.240 e. The Morgan fingerprint density at radius 3 is 2.53 bits per heavy atom. The van der Waals surface area contributed by atoms with Crippen molar-refractivity contribution in [1.29, 1.82) is 0 Å². The Labute approximate surface area is 117 Å². The van der Waals surface area contributed by atoms with E-state index in [1.165, 1.54) is 11.6 Å². The van der Waals surface area contributed by atoms with E-state index in [-0.39, 0.29) is 0 Å². The second kappa shape index (κ2) is 6.14. The molecule has 0 aromatic heterocycles. The van der Waals surface area contributed by atoms with Crippen LogP contribution in [0, 0.1) is 6.92 Å². The minimum absolute atomic E-state index is 0.519. The third kappa shape index (κ3) is 3.41. The molecule has 0 aliphatic rings. The van der Waals surface area contributed by atoms with E-state index in [9.17, 15) is 4.79 Å². The molecule has 0 saturated heterocycles. The highest BCUT2D eigenvalue weighted by molar-refractivity contribution is 6.32. The van der Waals surface area contributed by atoms with Gasteiger partial charge in [0, 0.05) is 10.6 Å². The highest BCUT2D eigenvalue weighted by Gasteiger charge is 2.02. The van der Waals surface area contributed by atoms with E-state index in [0.717, 1.165) is 5.56 Å². The number of benzene rings is 2. The van der Waals surface area contributed by atoms with Crippen LogP contribution in [0.5, 0.6) is 0 Å². The Morgan fingerprint density at radius 1 is 1.11 bits per heavy atom. The number of aryl methyl sites for hydroxylation is 1. The van der Waals surface area contributed by atoms with Crippen LogP contribution >= 0.6 is 11.6 Å². The quantitative estimate of drug-likeness (QED) is 0.448. The average Bonchev–Trinajstić information content (AvgIpc) is 2.40. The molecule has 2 nitrogen and oxygen atoms in total. The molecule has 0 heterocycles. The summed E-state index contributed by atoms with van der Waals surface area (Å²) in [6.07, 6.45) is 5.33.